The van der Waals surface area contributed by atoms with E-state index in [1.54, 1.807) is 4.68 Å². The van der Waals surface area contributed by atoms with Gasteiger partial charge in [0.15, 0.2) is 0 Å². The molecule has 1 aliphatic heterocycles. The van der Waals surface area contributed by atoms with Crippen LogP contribution in [0.1, 0.15) is 5.69 Å². The van der Waals surface area contributed by atoms with Crippen molar-refractivity contribution in [2.24, 2.45) is 0 Å². The second-order valence-electron chi connectivity index (χ2n) is 6.54. The first kappa shape index (κ1) is 16.8. The average molecular weight is 352 g/mol. The third kappa shape index (κ3) is 3.36. The lowest BCUT2D eigenvalue weighted by Crippen LogP contribution is -2.38. The summed E-state index contributed by atoms with van der Waals surface area (Å²) in [6, 6.07) is 9.94. The Kier molecular flexibility index (Phi) is 4.73. The van der Waals surface area contributed by atoms with Crippen LogP contribution in [0.3, 0.4) is 0 Å². The van der Waals surface area contributed by atoms with Gasteiger partial charge in [-0.2, -0.15) is 10.2 Å². The van der Waals surface area contributed by atoms with Crippen molar-refractivity contribution in [1.29, 1.82) is 0 Å². The SMILES string of the molecule is Cc1nn(-c2ccccc2)c(N)c1-c1cnn(CCN2CCOCC2)c1. The van der Waals surface area contributed by atoms with Crippen LogP contribution in [0.2, 0.25) is 0 Å². The van der Waals surface area contributed by atoms with Crippen LogP contribution >= 0.6 is 0 Å². The van der Waals surface area contributed by atoms with Crippen LogP contribution in [-0.4, -0.2) is 57.3 Å². The summed E-state index contributed by atoms with van der Waals surface area (Å²) in [5.41, 5.74) is 10.2. The molecule has 3 heterocycles. The summed E-state index contributed by atoms with van der Waals surface area (Å²) < 4.78 is 9.15. The van der Waals surface area contributed by atoms with Crippen molar-refractivity contribution >= 4 is 5.82 Å². The second kappa shape index (κ2) is 7.31. The molecular weight excluding hydrogens is 328 g/mol. The molecule has 0 bridgehead atoms. The molecule has 136 valence electrons. The van der Waals surface area contributed by atoms with Crippen LogP contribution in [0.25, 0.3) is 16.8 Å². The second-order valence-corrected chi connectivity index (χ2v) is 6.54. The Balaban J connectivity index is 1.53. The summed E-state index contributed by atoms with van der Waals surface area (Å²) in [5, 5.41) is 9.13. The van der Waals surface area contributed by atoms with Crippen molar-refractivity contribution in [3.63, 3.8) is 0 Å². The van der Waals surface area contributed by atoms with Gasteiger partial charge in [-0.05, 0) is 19.1 Å². The van der Waals surface area contributed by atoms with Crippen molar-refractivity contribution in [2.75, 3.05) is 38.6 Å². The van der Waals surface area contributed by atoms with Crippen molar-refractivity contribution in [2.45, 2.75) is 13.5 Å². The summed E-state index contributed by atoms with van der Waals surface area (Å²) >= 11 is 0. The van der Waals surface area contributed by atoms with Gasteiger partial charge in [0.2, 0.25) is 0 Å². The summed E-state index contributed by atoms with van der Waals surface area (Å²) in [7, 11) is 0. The van der Waals surface area contributed by atoms with Crippen LogP contribution in [0.4, 0.5) is 5.82 Å². The lowest BCUT2D eigenvalue weighted by molar-refractivity contribution is 0.0360. The van der Waals surface area contributed by atoms with Crippen molar-refractivity contribution < 1.29 is 4.74 Å². The number of hydrogen-bond donors (Lipinski definition) is 1. The zero-order valence-electron chi connectivity index (χ0n) is 15.0. The smallest absolute Gasteiger partial charge is 0.135 e. The summed E-state index contributed by atoms with van der Waals surface area (Å²) in [6.07, 6.45) is 3.92. The molecule has 3 aromatic rings. The fourth-order valence-corrected chi connectivity index (χ4v) is 3.35. The van der Waals surface area contributed by atoms with Gasteiger partial charge < -0.3 is 10.5 Å². The van der Waals surface area contributed by atoms with Crippen molar-refractivity contribution in [3.8, 4) is 16.8 Å². The Bertz CT molecular complexity index is 864. The first-order valence-corrected chi connectivity index (χ1v) is 8.96. The molecule has 2 aromatic heterocycles. The molecule has 7 heteroatoms. The largest absolute Gasteiger partial charge is 0.383 e. The molecule has 4 rings (SSSR count). The number of nitrogens with two attached hydrogens (primary N) is 1. The average Bonchev–Trinajstić information content (AvgIpc) is 3.25. The van der Waals surface area contributed by atoms with Gasteiger partial charge in [0.1, 0.15) is 5.82 Å². The predicted octanol–water partition coefficient (Wildman–Crippen LogP) is 1.96. The van der Waals surface area contributed by atoms with E-state index in [1.807, 2.05) is 48.1 Å². The fraction of sp³-hybridized carbons (Fsp3) is 0.368. The molecule has 0 unspecified atom stereocenters. The molecule has 1 aromatic carbocycles. The van der Waals surface area contributed by atoms with Crippen LogP contribution in [0.15, 0.2) is 42.7 Å². The molecular formula is C19H24N6O. The number of nitrogens with zero attached hydrogens (tertiary/aromatic N) is 5. The molecule has 2 N–H and O–H groups in total. The molecule has 0 radical (unpaired) electrons. The van der Waals surface area contributed by atoms with Crippen LogP contribution < -0.4 is 5.73 Å². The lowest BCUT2D eigenvalue weighted by atomic mass is 10.1. The topological polar surface area (TPSA) is 74.1 Å². The van der Waals surface area contributed by atoms with Crippen LogP contribution in [0, 0.1) is 6.92 Å². The van der Waals surface area contributed by atoms with E-state index in [9.17, 15) is 0 Å². The Labute approximate surface area is 153 Å². The molecule has 1 fully saturated rings. The third-order valence-corrected chi connectivity index (χ3v) is 4.77. The van der Waals surface area contributed by atoms with Gasteiger partial charge in [-0.1, -0.05) is 18.2 Å². The zero-order chi connectivity index (χ0) is 17.9. The van der Waals surface area contributed by atoms with E-state index in [0.29, 0.717) is 5.82 Å². The first-order chi connectivity index (χ1) is 12.7. The van der Waals surface area contributed by atoms with E-state index in [2.05, 4.69) is 21.3 Å². The maximum atomic E-state index is 6.41. The lowest BCUT2D eigenvalue weighted by Gasteiger charge is -2.26. The minimum atomic E-state index is 0.640. The van der Waals surface area contributed by atoms with Gasteiger partial charge in [0.05, 0.1) is 42.9 Å². The number of rotatable bonds is 5. The van der Waals surface area contributed by atoms with Gasteiger partial charge in [-0.25, -0.2) is 4.68 Å². The van der Waals surface area contributed by atoms with E-state index in [4.69, 9.17) is 10.5 Å². The number of nitrogen functional groups attached to an aromatic ring is 1. The molecule has 0 saturated carbocycles. The molecule has 0 amide bonds. The Morgan fingerprint density at radius 2 is 1.88 bits per heavy atom. The quantitative estimate of drug-likeness (QED) is 0.760. The Hall–Kier alpha value is -2.64. The molecule has 1 saturated heterocycles. The van der Waals surface area contributed by atoms with Crippen LogP contribution in [0.5, 0.6) is 0 Å². The highest BCUT2D eigenvalue weighted by Crippen LogP contribution is 2.30. The standard InChI is InChI=1S/C19H24N6O/c1-15-18(19(20)25(22-15)17-5-3-2-4-6-17)16-13-21-24(14-16)8-7-23-9-11-26-12-10-23/h2-6,13-14H,7-12,20H2,1H3. The van der Waals surface area contributed by atoms with E-state index in [1.165, 1.54) is 0 Å². The van der Waals surface area contributed by atoms with E-state index in [0.717, 1.165) is 61.9 Å². The molecule has 7 nitrogen and oxygen atoms in total. The molecule has 1 aliphatic rings. The van der Waals surface area contributed by atoms with Gasteiger partial charge in [0.25, 0.3) is 0 Å². The molecule has 26 heavy (non-hydrogen) atoms. The minimum Gasteiger partial charge on any atom is -0.383 e. The number of hydrogen-bond acceptors (Lipinski definition) is 5. The van der Waals surface area contributed by atoms with E-state index >= 15 is 0 Å². The van der Waals surface area contributed by atoms with Gasteiger partial charge in [-0.3, -0.25) is 9.58 Å². The maximum absolute atomic E-state index is 6.41. The number of morpholine rings is 1. The summed E-state index contributed by atoms with van der Waals surface area (Å²) in [4.78, 5) is 2.40. The summed E-state index contributed by atoms with van der Waals surface area (Å²) in [6.45, 7) is 7.43. The highest BCUT2D eigenvalue weighted by Gasteiger charge is 2.17. The number of anilines is 1. The first-order valence-electron chi connectivity index (χ1n) is 8.96. The Morgan fingerprint density at radius 1 is 1.12 bits per heavy atom. The highest BCUT2D eigenvalue weighted by molar-refractivity contribution is 5.76. The van der Waals surface area contributed by atoms with Crippen molar-refractivity contribution in [1.82, 2.24) is 24.5 Å². The number of aromatic nitrogens is 4. The number of benzene rings is 1. The van der Waals surface area contributed by atoms with E-state index in [-0.39, 0.29) is 0 Å². The maximum Gasteiger partial charge on any atom is 0.135 e. The van der Waals surface area contributed by atoms with Gasteiger partial charge >= 0.3 is 0 Å². The minimum absolute atomic E-state index is 0.640. The van der Waals surface area contributed by atoms with Crippen LogP contribution in [-0.2, 0) is 11.3 Å². The predicted molar refractivity (Wildman–Crippen MR) is 101 cm³/mol. The van der Waals surface area contributed by atoms with Gasteiger partial charge in [0, 0.05) is 31.4 Å². The normalized spacial score (nSPS) is 15.4. The molecule has 0 atom stereocenters. The fourth-order valence-electron chi connectivity index (χ4n) is 3.35. The monoisotopic (exact) mass is 352 g/mol. The molecule has 0 aliphatic carbocycles. The van der Waals surface area contributed by atoms with Gasteiger partial charge in [-0.15, -0.1) is 0 Å². The Morgan fingerprint density at radius 3 is 2.65 bits per heavy atom. The number of para-hydroxylation sites is 1. The van der Waals surface area contributed by atoms with Crippen molar-refractivity contribution in [3.05, 3.63) is 48.4 Å². The third-order valence-electron chi connectivity index (χ3n) is 4.77. The number of ether oxygens (including phenoxy) is 1. The summed E-state index contributed by atoms with van der Waals surface area (Å²) in [5.74, 6) is 0.640. The van der Waals surface area contributed by atoms with E-state index < -0.39 is 0 Å². The number of aryl methyl sites for hydroxylation is 1. The zero-order valence-corrected chi connectivity index (χ0v) is 15.0. The highest BCUT2D eigenvalue weighted by atomic mass is 16.5. The molecule has 0 spiro atoms.